The number of aromatic nitrogens is 2. The van der Waals surface area contributed by atoms with E-state index in [1.807, 2.05) is 32.0 Å². The van der Waals surface area contributed by atoms with Crippen molar-refractivity contribution in [1.29, 1.82) is 0 Å². The molecule has 25 heavy (non-hydrogen) atoms. The number of carbonyl (C=O) groups is 1. The number of carbonyl (C=O) groups excluding carboxylic acids is 1. The van der Waals surface area contributed by atoms with Crippen LogP contribution in [0.1, 0.15) is 28.1 Å². The van der Waals surface area contributed by atoms with Gasteiger partial charge in [0.2, 0.25) is 11.8 Å². The van der Waals surface area contributed by atoms with E-state index in [0.717, 1.165) is 22.3 Å². The maximum atomic E-state index is 12.9. The lowest BCUT2D eigenvalue weighted by Crippen LogP contribution is -2.15. The molecule has 0 spiro atoms. The smallest absolute Gasteiger partial charge is 0.322 e. The quantitative estimate of drug-likeness (QED) is 0.771. The third-order valence-corrected chi connectivity index (χ3v) is 3.83. The lowest BCUT2D eigenvalue weighted by Gasteiger charge is -2.06. The topological polar surface area (TPSA) is 68.0 Å². The molecule has 1 amide bonds. The summed E-state index contributed by atoms with van der Waals surface area (Å²) in [5.74, 6) is -0.161. The third-order valence-electron chi connectivity index (χ3n) is 3.83. The van der Waals surface area contributed by atoms with Gasteiger partial charge in [0.25, 0.3) is 0 Å². The highest BCUT2D eigenvalue weighted by atomic mass is 19.1. The first-order valence-corrected chi connectivity index (χ1v) is 7.92. The number of anilines is 1. The normalized spacial score (nSPS) is 10.7. The number of nitrogens with zero attached hydrogens (tertiary/aromatic N) is 2. The standard InChI is InChI=1S/C19H18FN3O2/c1-12-3-6-15(13(2)9-12)11-17(24)21-19-23-22-18(25-19)10-14-4-7-16(20)8-5-14/h3-9H,10-11H2,1-2H3,(H,21,23,24). The first-order valence-electron chi connectivity index (χ1n) is 7.92. The van der Waals surface area contributed by atoms with Gasteiger partial charge in [0.1, 0.15) is 5.82 Å². The molecule has 128 valence electrons. The summed E-state index contributed by atoms with van der Waals surface area (Å²) in [7, 11) is 0. The highest BCUT2D eigenvalue weighted by Gasteiger charge is 2.12. The van der Waals surface area contributed by atoms with Gasteiger partial charge in [0.05, 0.1) is 12.8 Å². The fraction of sp³-hybridized carbons (Fsp3) is 0.211. The largest absolute Gasteiger partial charge is 0.407 e. The number of aryl methyl sites for hydroxylation is 2. The van der Waals surface area contributed by atoms with Gasteiger partial charge in [-0.25, -0.2) is 4.39 Å². The van der Waals surface area contributed by atoms with Crippen molar-refractivity contribution in [2.75, 3.05) is 5.32 Å². The van der Waals surface area contributed by atoms with E-state index >= 15 is 0 Å². The molecule has 3 aromatic rings. The van der Waals surface area contributed by atoms with Crippen LogP contribution in [0.15, 0.2) is 46.9 Å². The van der Waals surface area contributed by atoms with E-state index in [9.17, 15) is 9.18 Å². The fourth-order valence-corrected chi connectivity index (χ4v) is 2.53. The van der Waals surface area contributed by atoms with Gasteiger partial charge in [0.15, 0.2) is 0 Å². The minimum absolute atomic E-state index is 0.0619. The van der Waals surface area contributed by atoms with Gasteiger partial charge in [-0.05, 0) is 42.7 Å². The Morgan fingerprint density at radius 3 is 2.60 bits per heavy atom. The van der Waals surface area contributed by atoms with Crippen LogP contribution in [0.5, 0.6) is 0 Å². The van der Waals surface area contributed by atoms with Crippen LogP contribution in [0.3, 0.4) is 0 Å². The summed E-state index contributed by atoms with van der Waals surface area (Å²) in [6, 6.07) is 12.1. The molecule has 1 N–H and O–H groups in total. The van der Waals surface area contributed by atoms with Crippen molar-refractivity contribution in [2.45, 2.75) is 26.7 Å². The second-order valence-corrected chi connectivity index (χ2v) is 5.96. The molecular weight excluding hydrogens is 321 g/mol. The Morgan fingerprint density at radius 1 is 1.12 bits per heavy atom. The molecule has 1 heterocycles. The molecule has 0 atom stereocenters. The monoisotopic (exact) mass is 339 g/mol. The van der Waals surface area contributed by atoms with Crippen molar-refractivity contribution >= 4 is 11.9 Å². The molecule has 0 unspecified atom stereocenters. The fourth-order valence-electron chi connectivity index (χ4n) is 2.53. The number of halogens is 1. The van der Waals surface area contributed by atoms with Crippen molar-refractivity contribution in [3.63, 3.8) is 0 Å². The molecule has 0 saturated heterocycles. The molecule has 5 nitrogen and oxygen atoms in total. The average Bonchev–Trinajstić information content (AvgIpc) is 2.99. The zero-order valence-electron chi connectivity index (χ0n) is 14.0. The zero-order chi connectivity index (χ0) is 17.8. The van der Waals surface area contributed by atoms with E-state index in [-0.39, 0.29) is 24.2 Å². The van der Waals surface area contributed by atoms with Crippen LogP contribution in [0.4, 0.5) is 10.4 Å². The Labute approximate surface area is 144 Å². The molecule has 1 aromatic heterocycles. The zero-order valence-corrected chi connectivity index (χ0v) is 14.0. The molecule has 0 aliphatic rings. The molecule has 6 heteroatoms. The third kappa shape index (κ3) is 4.50. The molecule has 3 rings (SSSR count). The number of benzene rings is 2. The molecule has 0 saturated carbocycles. The molecule has 0 radical (unpaired) electrons. The van der Waals surface area contributed by atoms with Crippen LogP contribution in [0.25, 0.3) is 0 Å². The summed E-state index contributed by atoms with van der Waals surface area (Å²) in [5.41, 5.74) is 4.02. The van der Waals surface area contributed by atoms with Crippen molar-refractivity contribution in [3.8, 4) is 0 Å². The highest BCUT2D eigenvalue weighted by Crippen LogP contribution is 2.14. The Kier molecular flexibility index (Phi) is 4.88. The molecule has 0 aliphatic heterocycles. The Morgan fingerprint density at radius 2 is 1.88 bits per heavy atom. The minimum atomic E-state index is -0.298. The van der Waals surface area contributed by atoms with Gasteiger partial charge in [0, 0.05) is 0 Å². The highest BCUT2D eigenvalue weighted by molar-refractivity contribution is 5.90. The van der Waals surface area contributed by atoms with Gasteiger partial charge in [-0.2, -0.15) is 0 Å². The Hall–Kier alpha value is -3.02. The van der Waals surface area contributed by atoms with E-state index in [1.165, 1.54) is 12.1 Å². The molecule has 2 aromatic carbocycles. The van der Waals surface area contributed by atoms with Crippen molar-refractivity contribution in [3.05, 3.63) is 76.4 Å². The van der Waals surface area contributed by atoms with E-state index in [4.69, 9.17) is 4.42 Å². The lowest BCUT2D eigenvalue weighted by molar-refractivity contribution is -0.115. The average molecular weight is 339 g/mol. The predicted molar refractivity (Wildman–Crippen MR) is 91.8 cm³/mol. The second-order valence-electron chi connectivity index (χ2n) is 5.96. The molecule has 0 fully saturated rings. The van der Waals surface area contributed by atoms with Crippen molar-refractivity contribution in [2.24, 2.45) is 0 Å². The van der Waals surface area contributed by atoms with Crippen molar-refractivity contribution in [1.82, 2.24) is 10.2 Å². The summed E-state index contributed by atoms with van der Waals surface area (Å²) < 4.78 is 18.3. The number of hydrogen-bond donors (Lipinski definition) is 1. The molecule has 0 aliphatic carbocycles. The van der Waals surface area contributed by atoms with E-state index in [1.54, 1.807) is 12.1 Å². The summed E-state index contributed by atoms with van der Waals surface area (Å²) in [4.78, 5) is 12.1. The number of amides is 1. The summed E-state index contributed by atoms with van der Waals surface area (Å²) in [5, 5.41) is 10.3. The molecular formula is C19H18FN3O2. The summed E-state index contributed by atoms with van der Waals surface area (Å²) in [6.45, 7) is 3.99. The van der Waals surface area contributed by atoms with Crippen LogP contribution in [0.2, 0.25) is 0 Å². The van der Waals surface area contributed by atoms with Crippen molar-refractivity contribution < 1.29 is 13.6 Å². The minimum Gasteiger partial charge on any atom is -0.407 e. The lowest BCUT2D eigenvalue weighted by atomic mass is 10.0. The SMILES string of the molecule is Cc1ccc(CC(=O)Nc2nnc(Cc3ccc(F)cc3)o2)c(C)c1. The number of hydrogen-bond acceptors (Lipinski definition) is 4. The van der Waals surface area contributed by atoms with E-state index in [0.29, 0.717) is 12.3 Å². The van der Waals surface area contributed by atoms with Gasteiger partial charge < -0.3 is 4.42 Å². The van der Waals surface area contributed by atoms with E-state index < -0.39 is 0 Å². The van der Waals surface area contributed by atoms with Gasteiger partial charge in [-0.3, -0.25) is 10.1 Å². The predicted octanol–water partition coefficient (Wildman–Crippen LogP) is 3.60. The maximum Gasteiger partial charge on any atom is 0.322 e. The first-order chi connectivity index (χ1) is 12.0. The summed E-state index contributed by atoms with van der Waals surface area (Å²) >= 11 is 0. The van der Waals surface area contributed by atoms with Crippen LogP contribution < -0.4 is 5.32 Å². The number of nitrogens with one attached hydrogen (secondary N) is 1. The van der Waals surface area contributed by atoms with E-state index in [2.05, 4.69) is 15.5 Å². The second kappa shape index (κ2) is 7.25. The number of rotatable bonds is 5. The Bertz CT molecular complexity index is 888. The molecule has 0 bridgehead atoms. The van der Waals surface area contributed by atoms with Gasteiger partial charge in [-0.15, -0.1) is 5.10 Å². The first kappa shape index (κ1) is 16.8. The van der Waals surface area contributed by atoms with Crippen LogP contribution in [-0.4, -0.2) is 16.1 Å². The van der Waals surface area contributed by atoms with Crippen LogP contribution in [0, 0.1) is 19.7 Å². The Balaban J connectivity index is 1.60. The van der Waals surface area contributed by atoms with Gasteiger partial charge in [-0.1, -0.05) is 41.0 Å². The van der Waals surface area contributed by atoms with Gasteiger partial charge >= 0.3 is 6.01 Å². The maximum absolute atomic E-state index is 12.9. The summed E-state index contributed by atoms with van der Waals surface area (Å²) in [6.07, 6.45) is 0.613. The van der Waals surface area contributed by atoms with Crippen LogP contribution in [-0.2, 0) is 17.6 Å². The van der Waals surface area contributed by atoms with Crippen LogP contribution >= 0.6 is 0 Å².